The van der Waals surface area contributed by atoms with E-state index in [2.05, 4.69) is 15.0 Å². The smallest absolute Gasteiger partial charge is 0.451 e. The number of hydrogen-bond donors (Lipinski definition) is 0. The predicted molar refractivity (Wildman–Crippen MR) is 96.2 cm³/mol. The third kappa shape index (κ3) is 2.75. The molecule has 3 aromatic heterocycles. The molecule has 0 saturated heterocycles. The van der Waals surface area contributed by atoms with Crippen LogP contribution in [0.25, 0.3) is 27.9 Å². The molecule has 0 aliphatic rings. The van der Waals surface area contributed by atoms with Crippen molar-refractivity contribution in [3.63, 3.8) is 0 Å². The SMILES string of the molecule is COc1ccc2c(-n3cnc4c(=O)n(C)c(=O)n(C)c43)nc(C(F)(F)F)nc2c1. The zero-order valence-corrected chi connectivity index (χ0v) is 15.4. The van der Waals surface area contributed by atoms with Crippen molar-refractivity contribution in [3.05, 3.63) is 51.2 Å². The summed E-state index contributed by atoms with van der Waals surface area (Å²) in [5, 5.41) is 0.256. The molecule has 4 rings (SSSR count). The lowest BCUT2D eigenvalue weighted by Crippen LogP contribution is -2.37. The lowest BCUT2D eigenvalue weighted by Gasteiger charge is -2.13. The summed E-state index contributed by atoms with van der Waals surface area (Å²) in [4.78, 5) is 35.9. The van der Waals surface area contributed by atoms with Gasteiger partial charge in [0.25, 0.3) is 5.56 Å². The molecule has 0 spiro atoms. The molecule has 12 heteroatoms. The second kappa shape index (κ2) is 6.15. The third-order valence-corrected chi connectivity index (χ3v) is 4.51. The fraction of sp³-hybridized carbons (Fsp3) is 0.235. The number of benzene rings is 1. The van der Waals surface area contributed by atoms with Crippen molar-refractivity contribution < 1.29 is 17.9 Å². The first-order valence-corrected chi connectivity index (χ1v) is 8.20. The number of alkyl halides is 3. The Morgan fingerprint density at radius 1 is 1.07 bits per heavy atom. The van der Waals surface area contributed by atoms with Gasteiger partial charge in [-0.25, -0.2) is 19.7 Å². The van der Waals surface area contributed by atoms with Gasteiger partial charge in [-0.05, 0) is 12.1 Å². The summed E-state index contributed by atoms with van der Waals surface area (Å²) in [6.07, 6.45) is -3.66. The molecule has 0 atom stereocenters. The molecule has 0 unspecified atom stereocenters. The van der Waals surface area contributed by atoms with Gasteiger partial charge in [-0.2, -0.15) is 13.2 Å². The maximum absolute atomic E-state index is 13.4. The first-order chi connectivity index (χ1) is 13.6. The van der Waals surface area contributed by atoms with Crippen molar-refractivity contribution in [1.29, 1.82) is 0 Å². The number of ether oxygens (including phenoxy) is 1. The van der Waals surface area contributed by atoms with E-state index in [0.29, 0.717) is 5.75 Å². The lowest BCUT2D eigenvalue weighted by atomic mass is 10.2. The van der Waals surface area contributed by atoms with Gasteiger partial charge in [0.05, 0.1) is 12.6 Å². The first kappa shape index (κ1) is 18.7. The van der Waals surface area contributed by atoms with E-state index in [1.165, 1.54) is 37.9 Å². The second-order valence-corrected chi connectivity index (χ2v) is 6.24. The van der Waals surface area contributed by atoms with E-state index < -0.39 is 23.2 Å². The summed E-state index contributed by atoms with van der Waals surface area (Å²) < 4.78 is 48.4. The lowest BCUT2D eigenvalue weighted by molar-refractivity contribution is -0.144. The van der Waals surface area contributed by atoms with Crippen LogP contribution in [-0.4, -0.2) is 35.8 Å². The Morgan fingerprint density at radius 3 is 2.45 bits per heavy atom. The van der Waals surface area contributed by atoms with Gasteiger partial charge < -0.3 is 4.74 Å². The van der Waals surface area contributed by atoms with Crippen LogP contribution in [0, 0.1) is 0 Å². The number of nitrogens with zero attached hydrogens (tertiary/aromatic N) is 6. The maximum Gasteiger partial charge on any atom is 0.451 e. The van der Waals surface area contributed by atoms with Gasteiger partial charge in [-0.1, -0.05) is 0 Å². The molecule has 0 fully saturated rings. The number of aromatic nitrogens is 6. The normalized spacial score (nSPS) is 12.1. The van der Waals surface area contributed by atoms with Crippen LogP contribution in [0.4, 0.5) is 13.2 Å². The van der Waals surface area contributed by atoms with Crippen molar-refractivity contribution in [2.45, 2.75) is 6.18 Å². The van der Waals surface area contributed by atoms with Crippen molar-refractivity contribution >= 4 is 22.1 Å². The summed E-state index contributed by atoms with van der Waals surface area (Å²) in [5.74, 6) is -1.23. The summed E-state index contributed by atoms with van der Waals surface area (Å²) in [7, 11) is 4.06. The van der Waals surface area contributed by atoms with E-state index in [0.717, 1.165) is 15.5 Å². The topological polar surface area (TPSA) is 96.8 Å². The van der Waals surface area contributed by atoms with Crippen LogP contribution in [-0.2, 0) is 20.3 Å². The molecule has 0 radical (unpaired) electrons. The molecule has 29 heavy (non-hydrogen) atoms. The first-order valence-electron chi connectivity index (χ1n) is 8.20. The van der Waals surface area contributed by atoms with Crippen LogP contribution in [0.2, 0.25) is 0 Å². The Kier molecular flexibility index (Phi) is 3.96. The Morgan fingerprint density at radius 2 is 1.79 bits per heavy atom. The van der Waals surface area contributed by atoms with E-state index in [9.17, 15) is 22.8 Å². The molecule has 0 saturated carbocycles. The molecule has 0 N–H and O–H groups in total. The quantitative estimate of drug-likeness (QED) is 0.499. The van der Waals surface area contributed by atoms with Gasteiger partial charge in [-0.15, -0.1) is 0 Å². The largest absolute Gasteiger partial charge is 0.497 e. The molecular formula is C17H13F3N6O3. The van der Waals surface area contributed by atoms with Gasteiger partial charge in [-0.3, -0.25) is 18.5 Å². The van der Waals surface area contributed by atoms with E-state index in [-0.39, 0.29) is 27.9 Å². The highest BCUT2D eigenvalue weighted by molar-refractivity contribution is 5.88. The zero-order chi connectivity index (χ0) is 21.1. The molecule has 0 amide bonds. The van der Waals surface area contributed by atoms with Gasteiger partial charge in [0.15, 0.2) is 17.0 Å². The predicted octanol–water partition coefficient (Wildman–Crippen LogP) is 1.39. The van der Waals surface area contributed by atoms with Gasteiger partial charge in [0.2, 0.25) is 5.82 Å². The summed E-state index contributed by atoms with van der Waals surface area (Å²) in [5.41, 5.74) is -1.40. The number of rotatable bonds is 2. The Balaban J connectivity index is 2.17. The zero-order valence-electron chi connectivity index (χ0n) is 15.4. The Bertz CT molecular complexity index is 1400. The Labute approximate surface area is 159 Å². The van der Waals surface area contributed by atoms with Gasteiger partial charge in [0, 0.05) is 25.5 Å². The van der Waals surface area contributed by atoms with Gasteiger partial charge in [0.1, 0.15) is 12.1 Å². The van der Waals surface area contributed by atoms with Crippen LogP contribution in [0.5, 0.6) is 5.75 Å². The van der Waals surface area contributed by atoms with E-state index >= 15 is 0 Å². The molecule has 150 valence electrons. The molecule has 0 aliphatic heterocycles. The molecule has 0 aliphatic carbocycles. The fourth-order valence-corrected chi connectivity index (χ4v) is 3.06. The van der Waals surface area contributed by atoms with E-state index in [4.69, 9.17) is 4.74 Å². The van der Waals surface area contributed by atoms with Crippen LogP contribution in [0.15, 0.2) is 34.1 Å². The molecule has 9 nitrogen and oxygen atoms in total. The highest BCUT2D eigenvalue weighted by Crippen LogP contribution is 2.31. The van der Waals surface area contributed by atoms with Crippen molar-refractivity contribution in [2.24, 2.45) is 14.1 Å². The second-order valence-electron chi connectivity index (χ2n) is 6.24. The summed E-state index contributed by atoms with van der Waals surface area (Å²) >= 11 is 0. The minimum atomic E-state index is -4.82. The highest BCUT2D eigenvalue weighted by atomic mass is 19.4. The van der Waals surface area contributed by atoms with Crippen LogP contribution >= 0.6 is 0 Å². The molecular weight excluding hydrogens is 393 g/mol. The van der Waals surface area contributed by atoms with Crippen molar-refractivity contribution in [2.75, 3.05) is 7.11 Å². The number of aryl methyl sites for hydroxylation is 1. The average Bonchev–Trinajstić information content (AvgIpc) is 3.13. The number of fused-ring (bicyclic) bond motifs is 2. The van der Waals surface area contributed by atoms with Gasteiger partial charge >= 0.3 is 11.9 Å². The summed E-state index contributed by atoms with van der Waals surface area (Å²) in [6.45, 7) is 0. The fourth-order valence-electron chi connectivity index (χ4n) is 3.06. The molecule has 0 bridgehead atoms. The standard InChI is InChI=1S/C17H13F3N6O3/c1-24-13-11(14(27)25(2)16(24)28)21-7-26(13)12-9-5-4-8(29-3)6-10(9)22-15(23-12)17(18,19)20/h4-7H,1-3H3. The van der Waals surface area contributed by atoms with Crippen molar-refractivity contribution in [1.82, 2.24) is 28.7 Å². The van der Waals surface area contributed by atoms with Crippen LogP contribution in [0.3, 0.4) is 0 Å². The average molecular weight is 406 g/mol. The molecule has 1 aromatic carbocycles. The Hall–Kier alpha value is -3.70. The van der Waals surface area contributed by atoms with Crippen LogP contribution in [0.1, 0.15) is 5.82 Å². The third-order valence-electron chi connectivity index (χ3n) is 4.51. The monoisotopic (exact) mass is 406 g/mol. The summed E-state index contributed by atoms with van der Waals surface area (Å²) in [6, 6.07) is 4.38. The molecule has 4 aromatic rings. The van der Waals surface area contributed by atoms with Crippen molar-refractivity contribution in [3.8, 4) is 11.6 Å². The number of imidazole rings is 1. The van der Waals surface area contributed by atoms with E-state index in [1.54, 1.807) is 6.07 Å². The number of hydrogen-bond acceptors (Lipinski definition) is 6. The number of methoxy groups -OCH3 is 1. The molecule has 3 heterocycles. The minimum Gasteiger partial charge on any atom is -0.497 e. The van der Waals surface area contributed by atoms with E-state index in [1.807, 2.05) is 0 Å². The van der Waals surface area contributed by atoms with Crippen LogP contribution < -0.4 is 16.0 Å². The maximum atomic E-state index is 13.4. The minimum absolute atomic E-state index is 0.0158. The highest BCUT2D eigenvalue weighted by Gasteiger charge is 2.36. The number of halogens is 3.